The lowest BCUT2D eigenvalue weighted by Crippen LogP contribution is -2.49. The molecule has 1 aromatic rings. The molecule has 0 radical (unpaired) electrons. The van der Waals surface area contributed by atoms with Crippen LogP contribution in [0.1, 0.15) is 0 Å². The number of carbonyl (C=O) groups is 1. The Morgan fingerprint density at radius 2 is 2.33 bits per heavy atom. The van der Waals surface area contributed by atoms with Crippen molar-refractivity contribution in [1.29, 1.82) is 0 Å². The molecule has 1 amide bonds. The molecule has 1 heterocycles. The summed E-state index contributed by atoms with van der Waals surface area (Å²) in [5.41, 5.74) is 3.08. The average molecular weight is 207 g/mol. The quantitative estimate of drug-likeness (QED) is 0.382. The van der Waals surface area contributed by atoms with Crippen LogP contribution < -0.4 is 20.9 Å². The maximum atomic E-state index is 11.3. The number of hydrogen-bond donors (Lipinski definition) is 2. The van der Waals surface area contributed by atoms with Crippen LogP contribution in [-0.2, 0) is 4.79 Å². The van der Waals surface area contributed by atoms with Gasteiger partial charge in [0, 0.05) is 7.05 Å². The van der Waals surface area contributed by atoms with Gasteiger partial charge in [0.25, 0.3) is 5.91 Å². The maximum Gasteiger partial charge on any atom is 0.276 e. The number of benzene rings is 1. The van der Waals surface area contributed by atoms with E-state index in [1.165, 1.54) is 0 Å². The van der Waals surface area contributed by atoms with Crippen molar-refractivity contribution in [2.24, 2.45) is 5.84 Å². The Labute approximate surface area is 87.8 Å². The van der Waals surface area contributed by atoms with E-state index in [1.807, 2.05) is 36.2 Å². The van der Waals surface area contributed by atoms with Crippen LogP contribution in [0.3, 0.4) is 0 Å². The second kappa shape index (κ2) is 3.78. The Bertz CT molecular complexity index is 381. The number of amides is 1. The monoisotopic (exact) mass is 207 g/mol. The summed E-state index contributed by atoms with van der Waals surface area (Å²) in [4.78, 5) is 13.3. The minimum Gasteiger partial charge on any atom is -0.476 e. The molecular weight excluding hydrogens is 194 g/mol. The van der Waals surface area contributed by atoms with Crippen LogP contribution in [0.4, 0.5) is 5.69 Å². The molecule has 5 heteroatoms. The normalized spacial score (nSPS) is 19.1. The molecular formula is C10H13N3O2. The SMILES string of the molecule is CN1C[C@H](C(=O)NN)Oc2ccccc21. The minimum absolute atomic E-state index is 0.309. The number of rotatable bonds is 1. The second-order valence-corrected chi connectivity index (χ2v) is 3.46. The topological polar surface area (TPSA) is 67.6 Å². The molecule has 0 aromatic heterocycles. The zero-order valence-corrected chi connectivity index (χ0v) is 8.43. The van der Waals surface area contributed by atoms with E-state index in [-0.39, 0.29) is 5.91 Å². The Balaban J connectivity index is 2.26. The number of nitrogens with one attached hydrogen (secondary N) is 1. The fraction of sp³-hybridized carbons (Fsp3) is 0.300. The molecule has 1 atom stereocenters. The largest absolute Gasteiger partial charge is 0.476 e. The average Bonchev–Trinajstić information content (AvgIpc) is 2.28. The molecule has 3 N–H and O–H groups in total. The van der Waals surface area contributed by atoms with Gasteiger partial charge < -0.3 is 9.64 Å². The fourth-order valence-electron chi connectivity index (χ4n) is 1.64. The first kappa shape index (κ1) is 9.79. The summed E-state index contributed by atoms with van der Waals surface area (Å²) in [5.74, 6) is 5.47. The molecule has 0 saturated heterocycles. The molecule has 1 aliphatic heterocycles. The number of nitrogens with zero attached hydrogens (tertiary/aromatic N) is 1. The van der Waals surface area contributed by atoms with Crippen molar-refractivity contribution in [3.63, 3.8) is 0 Å². The van der Waals surface area contributed by atoms with E-state index in [4.69, 9.17) is 10.6 Å². The number of hydrogen-bond acceptors (Lipinski definition) is 4. The summed E-state index contributed by atoms with van der Waals surface area (Å²) in [6, 6.07) is 7.59. The second-order valence-electron chi connectivity index (χ2n) is 3.46. The summed E-state index contributed by atoms with van der Waals surface area (Å²) in [6.45, 7) is 0.500. The molecule has 0 spiro atoms. The summed E-state index contributed by atoms with van der Waals surface area (Å²) in [6.07, 6.45) is -0.546. The lowest BCUT2D eigenvalue weighted by atomic mass is 10.2. The van der Waals surface area contributed by atoms with Gasteiger partial charge in [0.2, 0.25) is 0 Å². The molecule has 0 aliphatic carbocycles. The van der Waals surface area contributed by atoms with Crippen LogP contribution in [0.25, 0.3) is 0 Å². The molecule has 1 aromatic carbocycles. The number of nitrogens with two attached hydrogens (primary N) is 1. The molecule has 1 aliphatic rings. The zero-order valence-electron chi connectivity index (χ0n) is 8.43. The molecule has 15 heavy (non-hydrogen) atoms. The van der Waals surface area contributed by atoms with E-state index in [2.05, 4.69) is 5.43 Å². The smallest absolute Gasteiger partial charge is 0.276 e. The number of para-hydroxylation sites is 2. The van der Waals surface area contributed by atoms with Gasteiger partial charge in [-0.1, -0.05) is 12.1 Å². The predicted octanol–water partition coefficient (Wildman–Crippen LogP) is -0.126. The molecule has 5 nitrogen and oxygen atoms in total. The third-order valence-electron chi connectivity index (χ3n) is 2.42. The summed E-state index contributed by atoms with van der Waals surface area (Å²) in [5, 5.41) is 0. The van der Waals surface area contributed by atoms with Gasteiger partial charge in [-0.3, -0.25) is 10.2 Å². The molecule has 0 fully saturated rings. The Kier molecular flexibility index (Phi) is 2.47. The van der Waals surface area contributed by atoms with Gasteiger partial charge in [-0.15, -0.1) is 0 Å². The number of fused-ring (bicyclic) bond motifs is 1. The third kappa shape index (κ3) is 1.73. The fourth-order valence-corrected chi connectivity index (χ4v) is 1.64. The third-order valence-corrected chi connectivity index (χ3v) is 2.42. The van der Waals surface area contributed by atoms with Gasteiger partial charge in [-0.2, -0.15) is 0 Å². The Morgan fingerprint density at radius 3 is 3.07 bits per heavy atom. The first-order valence-corrected chi connectivity index (χ1v) is 4.69. The van der Waals surface area contributed by atoms with Gasteiger partial charge in [-0.25, -0.2) is 5.84 Å². The van der Waals surface area contributed by atoms with Crippen molar-refractivity contribution < 1.29 is 9.53 Å². The van der Waals surface area contributed by atoms with Crippen LogP contribution >= 0.6 is 0 Å². The lowest BCUT2D eigenvalue weighted by molar-refractivity contribution is -0.127. The summed E-state index contributed by atoms with van der Waals surface area (Å²) in [7, 11) is 1.91. The van der Waals surface area contributed by atoms with E-state index < -0.39 is 6.10 Å². The van der Waals surface area contributed by atoms with Gasteiger partial charge in [0.1, 0.15) is 5.75 Å². The molecule has 0 saturated carbocycles. The van der Waals surface area contributed by atoms with Crippen molar-refractivity contribution >= 4 is 11.6 Å². The van der Waals surface area contributed by atoms with Crippen LogP contribution in [0.5, 0.6) is 5.75 Å². The number of carbonyl (C=O) groups excluding carboxylic acids is 1. The van der Waals surface area contributed by atoms with Crippen molar-refractivity contribution in [1.82, 2.24) is 5.43 Å². The highest BCUT2D eigenvalue weighted by Crippen LogP contribution is 2.31. The van der Waals surface area contributed by atoms with Crippen molar-refractivity contribution in [3.8, 4) is 5.75 Å². The first-order valence-electron chi connectivity index (χ1n) is 4.69. The van der Waals surface area contributed by atoms with Crippen LogP contribution in [0.15, 0.2) is 24.3 Å². The number of ether oxygens (including phenoxy) is 1. The highest BCUT2D eigenvalue weighted by atomic mass is 16.5. The maximum absolute atomic E-state index is 11.3. The Morgan fingerprint density at radius 1 is 1.60 bits per heavy atom. The van der Waals surface area contributed by atoms with Crippen molar-refractivity contribution in [3.05, 3.63) is 24.3 Å². The highest BCUT2D eigenvalue weighted by molar-refractivity contribution is 5.82. The minimum atomic E-state index is -0.546. The summed E-state index contributed by atoms with van der Waals surface area (Å²) < 4.78 is 5.52. The molecule has 0 unspecified atom stereocenters. The van der Waals surface area contributed by atoms with Crippen molar-refractivity contribution in [2.45, 2.75) is 6.10 Å². The van der Waals surface area contributed by atoms with E-state index in [0.29, 0.717) is 12.3 Å². The lowest BCUT2D eigenvalue weighted by Gasteiger charge is -2.32. The number of anilines is 1. The van der Waals surface area contributed by atoms with Gasteiger partial charge in [-0.05, 0) is 12.1 Å². The molecule has 80 valence electrons. The van der Waals surface area contributed by atoms with E-state index in [0.717, 1.165) is 5.69 Å². The highest BCUT2D eigenvalue weighted by Gasteiger charge is 2.28. The van der Waals surface area contributed by atoms with Crippen LogP contribution in [0.2, 0.25) is 0 Å². The van der Waals surface area contributed by atoms with E-state index >= 15 is 0 Å². The standard InChI is InChI=1S/C10H13N3O2/c1-13-6-9(10(14)12-11)15-8-5-3-2-4-7(8)13/h2-5,9H,6,11H2,1H3,(H,12,14)/t9-/m1/s1. The summed E-state index contributed by atoms with van der Waals surface area (Å²) >= 11 is 0. The van der Waals surface area contributed by atoms with Crippen LogP contribution in [-0.4, -0.2) is 25.6 Å². The van der Waals surface area contributed by atoms with Gasteiger partial charge in [0.15, 0.2) is 6.10 Å². The first-order chi connectivity index (χ1) is 7.22. The van der Waals surface area contributed by atoms with Gasteiger partial charge >= 0.3 is 0 Å². The predicted molar refractivity (Wildman–Crippen MR) is 56.5 cm³/mol. The number of likely N-dealkylation sites (N-methyl/N-ethyl adjacent to an activating group) is 1. The van der Waals surface area contributed by atoms with Crippen LogP contribution in [0, 0.1) is 0 Å². The molecule has 0 bridgehead atoms. The van der Waals surface area contributed by atoms with Gasteiger partial charge in [0.05, 0.1) is 12.2 Å². The zero-order chi connectivity index (χ0) is 10.8. The van der Waals surface area contributed by atoms with Crippen molar-refractivity contribution in [2.75, 3.05) is 18.5 Å². The van der Waals surface area contributed by atoms with E-state index in [1.54, 1.807) is 0 Å². The Hall–Kier alpha value is -1.75. The molecule has 2 rings (SSSR count). The van der Waals surface area contributed by atoms with E-state index in [9.17, 15) is 4.79 Å². The number of hydrazine groups is 1.